The fourth-order valence-electron chi connectivity index (χ4n) is 2.94. The van der Waals surface area contributed by atoms with Crippen molar-refractivity contribution in [2.45, 2.75) is 38.8 Å². The summed E-state index contributed by atoms with van der Waals surface area (Å²) >= 11 is 0. The Bertz CT molecular complexity index is 442. The minimum atomic E-state index is -0.138. The van der Waals surface area contributed by atoms with E-state index in [2.05, 4.69) is 42.2 Å². The molecule has 0 spiro atoms. The maximum Gasteiger partial charge on any atom is 0.125 e. The van der Waals surface area contributed by atoms with Crippen LogP contribution in [0.3, 0.4) is 0 Å². The summed E-state index contributed by atoms with van der Waals surface area (Å²) < 4.78 is 13.9. The summed E-state index contributed by atoms with van der Waals surface area (Å²) in [7, 11) is 4.25. The maximum atomic E-state index is 13.9. The predicted molar refractivity (Wildman–Crippen MR) is 87.3 cm³/mol. The molecule has 1 N–H and O–H groups in total. The van der Waals surface area contributed by atoms with Crippen molar-refractivity contribution in [1.29, 1.82) is 0 Å². The summed E-state index contributed by atoms with van der Waals surface area (Å²) in [6, 6.07) is 5.92. The maximum absolute atomic E-state index is 13.9. The summed E-state index contributed by atoms with van der Waals surface area (Å²) in [5, 5.41) is 3.34. The molecule has 0 aromatic heterocycles. The van der Waals surface area contributed by atoms with Crippen LogP contribution in [0.15, 0.2) is 18.2 Å². The molecule has 0 radical (unpaired) electrons. The number of benzene rings is 1. The van der Waals surface area contributed by atoms with Crippen LogP contribution in [0.2, 0.25) is 0 Å². The molecular weight excluding hydrogens is 265 g/mol. The first-order valence-corrected chi connectivity index (χ1v) is 8.01. The van der Waals surface area contributed by atoms with Crippen molar-refractivity contribution in [2.24, 2.45) is 0 Å². The fourth-order valence-corrected chi connectivity index (χ4v) is 2.94. The fraction of sp³-hybridized carbons (Fsp3) is 0.647. The highest BCUT2D eigenvalue weighted by Gasteiger charge is 2.21. The topological polar surface area (TPSA) is 18.5 Å². The lowest BCUT2D eigenvalue weighted by atomic mass is 10.0. The van der Waals surface area contributed by atoms with Crippen molar-refractivity contribution in [3.05, 3.63) is 29.6 Å². The second-order valence-electron chi connectivity index (χ2n) is 6.14. The second-order valence-corrected chi connectivity index (χ2v) is 6.14. The highest BCUT2D eigenvalue weighted by atomic mass is 19.1. The van der Waals surface area contributed by atoms with Gasteiger partial charge in [-0.3, -0.25) is 0 Å². The lowest BCUT2D eigenvalue weighted by Crippen LogP contribution is -2.42. The first kappa shape index (κ1) is 16.2. The van der Waals surface area contributed by atoms with Crippen LogP contribution in [0.1, 0.15) is 31.7 Å². The second kappa shape index (κ2) is 7.76. The van der Waals surface area contributed by atoms with Crippen LogP contribution in [0.4, 0.5) is 10.1 Å². The van der Waals surface area contributed by atoms with Gasteiger partial charge in [0, 0.05) is 25.3 Å². The Morgan fingerprint density at radius 1 is 1.29 bits per heavy atom. The first-order valence-electron chi connectivity index (χ1n) is 8.01. The van der Waals surface area contributed by atoms with Gasteiger partial charge < -0.3 is 15.1 Å². The third-order valence-electron chi connectivity index (χ3n) is 4.34. The molecule has 0 atom stereocenters. The Labute approximate surface area is 128 Å². The molecule has 0 bridgehead atoms. The molecule has 1 aromatic rings. The van der Waals surface area contributed by atoms with Crippen LogP contribution in [-0.2, 0) is 6.54 Å². The molecule has 0 saturated carbocycles. The van der Waals surface area contributed by atoms with Crippen LogP contribution in [-0.4, -0.2) is 44.7 Å². The summed E-state index contributed by atoms with van der Waals surface area (Å²) in [5.74, 6) is -0.138. The van der Waals surface area contributed by atoms with Crippen molar-refractivity contribution in [3.63, 3.8) is 0 Å². The minimum absolute atomic E-state index is 0.138. The highest BCUT2D eigenvalue weighted by molar-refractivity contribution is 5.49. The van der Waals surface area contributed by atoms with Gasteiger partial charge in [0.05, 0.1) is 0 Å². The van der Waals surface area contributed by atoms with Gasteiger partial charge in [0.1, 0.15) is 5.82 Å². The van der Waals surface area contributed by atoms with Gasteiger partial charge in [0.15, 0.2) is 0 Å². The molecule has 2 rings (SSSR count). The zero-order chi connectivity index (χ0) is 15.2. The molecule has 1 fully saturated rings. The molecule has 118 valence electrons. The molecule has 1 aliphatic heterocycles. The Hall–Kier alpha value is -1.13. The predicted octanol–water partition coefficient (Wildman–Crippen LogP) is 2.86. The average molecular weight is 293 g/mol. The quantitative estimate of drug-likeness (QED) is 0.814. The molecule has 0 unspecified atom stereocenters. The van der Waals surface area contributed by atoms with E-state index in [1.807, 2.05) is 0 Å². The van der Waals surface area contributed by atoms with Crippen LogP contribution in [0.25, 0.3) is 0 Å². The average Bonchev–Trinajstić information content (AvgIpc) is 2.47. The van der Waals surface area contributed by atoms with Crippen molar-refractivity contribution in [2.75, 3.05) is 38.6 Å². The summed E-state index contributed by atoms with van der Waals surface area (Å²) in [6.07, 6.45) is 3.39. The first-order chi connectivity index (χ1) is 10.1. The number of nitrogens with one attached hydrogen (secondary N) is 1. The lowest BCUT2D eigenvalue weighted by Gasteiger charge is -2.36. The van der Waals surface area contributed by atoms with Gasteiger partial charge >= 0.3 is 0 Å². The number of hydrogen-bond donors (Lipinski definition) is 1. The van der Waals surface area contributed by atoms with Gasteiger partial charge in [-0.2, -0.15) is 0 Å². The van der Waals surface area contributed by atoms with E-state index in [-0.39, 0.29) is 5.82 Å². The third-order valence-corrected chi connectivity index (χ3v) is 4.34. The lowest BCUT2D eigenvalue weighted by molar-refractivity contribution is 0.253. The van der Waals surface area contributed by atoms with Crippen LogP contribution in [0.5, 0.6) is 0 Å². The molecule has 1 heterocycles. The third kappa shape index (κ3) is 4.68. The smallest absolute Gasteiger partial charge is 0.125 e. The van der Waals surface area contributed by atoms with Crippen molar-refractivity contribution >= 4 is 5.69 Å². The van der Waals surface area contributed by atoms with Crippen LogP contribution < -0.4 is 10.2 Å². The Morgan fingerprint density at radius 3 is 2.67 bits per heavy atom. The number of likely N-dealkylation sites (tertiary alicyclic amines) is 1. The Morgan fingerprint density at radius 2 is 2.00 bits per heavy atom. The minimum Gasteiger partial charge on any atom is -0.371 e. The van der Waals surface area contributed by atoms with Crippen molar-refractivity contribution in [3.8, 4) is 0 Å². The molecule has 0 amide bonds. The SMILES string of the molecule is CCCNCc1cc(F)cc(N(C)C2CCN(C)CC2)c1. The monoisotopic (exact) mass is 293 g/mol. The van der Waals surface area contributed by atoms with Crippen molar-refractivity contribution < 1.29 is 4.39 Å². The van der Waals surface area contributed by atoms with E-state index in [9.17, 15) is 4.39 Å². The Kier molecular flexibility index (Phi) is 6.00. The molecule has 4 heteroatoms. The van der Waals surface area contributed by atoms with Gasteiger partial charge in [-0.1, -0.05) is 6.92 Å². The molecule has 21 heavy (non-hydrogen) atoms. The summed E-state index contributed by atoms with van der Waals surface area (Å²) in [5.41, 5.74) is 2.02. The normalized spacial score (nSPS) is 17.1. The molecule has 1 aliphatic rings. The zero-order valence-electron chi connectivity index (χ0n) is 13.5. The number of hydrogen-bond acceptors (Lipinski definition) is 3. The van der Waals surface area contributed by atoms with Crippen LogP contribution in [0, 0.1) is 5.82 Å². The number of rotatable bonds is 6. The van der Waals surface area contributed by atoms with Gasteiger partial charge in [-0.05, 0) is 69.7 Å². The van der Waals surface area contributed by atoms with Gasteiger partial charge in [0.2, 0.25) is 0 Å². The van der Waals surface area contributed by atoms with E-state index in [4.69, 9.17) is 0 Å². The molecule has 1 aromatic carbocycles. The van der Waals surface area contributed by atoms with Crippen molar-refractivity contribution in [1.82, 2.24) is 10.2 Å². The standard InChI is InChI=1S/C17H28FN3/c1-4-7-19-13-14-10-15(18)12-17(11-14)21(3)16-5-8-20(2)9-6-16/h10-12,16,19H,4-9,13H2,1-3H3. The number of nitrogens with zero attached hydrogens (tertiary/aromatic N) is 2. The van der Waals surface area contributed by atoms with E-state index >= 15 is 0 Å². The molecule has 1 saturated heterocycles. The molecule has 0 aliphatic carbocycles. The van der Waals surface area contributed by atoms with Gasteiger partial charge in [-0.25, -0.2) is 4.39 Å². The van der Waals surface area contributed by atoms with E-state index < -0.39 is 0 Å². The van der Waals surface area contributed by atoms with E-state index in [0.717, 1.165) is 56.7 Å². The van der Waals surface area contributed by atoms with Gasteiger partial charge in [0.25, 0.3) is 0 Å². The Balaban J connectivity index is 2.04. The largest absolute Gasteiger partial charge is 0.371 e. The van der Waals surface area contributed by atoms with E-state index in [0.29, 0.717) is 6.04 Å². The molecular formula is C17H28FN3. The number of piperidine rings is 1. The molecule has 3 nitrogen and oxygen atoms in total. The van der Waals surface area contributed by atoms with Crippen LogP contribution >= 0.6 is 0 Å². The highest BCUT2D eigenvalue weighted by Crippen LogP contribution is 2.24. The summed E-state index contributed by atoms with van der Waals surface area (Å²) in [6.45, 7) is 6.08. The zero-order valence-corrected chi connectivity index (χ0v) is 13.5. The summed E-state index contributed by atoms with van der Waals surface area (Å²) in [4.78, 5) is 4.61. The number of anilines is 1. The van der Waals surface area contributed by atoms with Gasteiger partial charge in [-0.15, -0.1) is 0 Å². The number of halogens is 1. The van der Waals surface area contributed by atoms with E-state index in [1.165, 1.54) is 0 Å². The van der Waals surface area contributed by atoms with E-state index in [1.54, 1.807) is 12.1 Å².